The molecule has 0 bridgehead atoms. The van der Waals surface area contributed by atoms with Crippen LogP contribution in [0.25, 0.3) is 5.57 Å². The fourth-order valence-corrected chi connectivity index (χ4v) is 5.55. The summed E-state index contributed by atoms with van der Waals surface area (Å²) < 4.78 is 0. The van der Waals surface area contributed by atoms with Crippen molar-refractivity contribution >= 4 is 51.6 Å². The molecule has 0 saturated carbocycles. The first kappa shape index (κ1) is 20.3. The number of hydrogen-bond donors (Lipinski definition) is 0. The van der Waals surface area contributed by atoms with Crippen molar-refractivity contribution in [1.29, 1.82) is 0 Å². The van der Waals surface area contributed by atoms with Crippen LogP contribution in [0.2, 0.25) is 5.02 Å². The number of benzene rings is 2. The van der Waals surface area contributed by atoms with Crippen molar-refractivity contribution < 1.29 is 9.59 Å². The van der Waals surface area contributed by atoms with Gasteiger partial charge in [0.2, 0.25) is 0 Å². The lowest BCUT2D eigenvalue weighted by atomic mass is 10.1. The Kier molecular flexibility index (Phi) is 5.59. The Morgan fingerprint density at radius 3 is 2.42 bits per heavy atom. The maximum Gasteiger partial charge on any atom is 0.287 e. The lowest BCUT2D eigenvalue weighted by Gasteiger charge is -2.20. The number of carbonyl (C=O) groups is 2. The summed E-state index contributed by atoms with van der Waals surface area (Å²) in [5.74, 6) is -0.494. The molecule has 0 unspecified atom stereocenters. The molecular weight excluding hydrogens is 430 g/mol. The van der Waals surface area contributed by atoms with Crippen molar-refractivity contribution in [2.45, 2.75) is 32.2 Å². The van der Waals surface area contributed by atoms with Crippen molar-refractivity contribution in [3.63, 3.8) is 0 Å². The predicted molar refractivity (Wildman–Crippen MR) is 126 cm³/mol. The molecule has 158 valence electrons. The predicted octanol–water partition coefficient (Wildman–Crippen LogP) is 5.10. The second-order valence-electron chi connectivity index (χ2n) is 7.91. The lowest BCUT2D eigenvalue weighted by molar-refractivity contribution is -0.115. The Labute approximate surface area is 190 Å². The van der Waals surface area contributed by atoms with Gasteiger partial charge in [-0.15, -0.1) is 0 Å². The van der Waals surface area contributed by atoms with Crippen LogP contribution in [0.1, 0.15) is 36.8 Å². The highest BCUT2D eigenvalue weighted by molar-refractivity contribution is 8.18. The SMILES string of the molecule is O=C1N=C(N2CCCCCC2)S/C1=C1\C(=O)N(Cc2ccccc2Cl)c2ccccc21. The van der Waals surface area contributed by atoms with Gasteiger partial charge in [0.15, 0.2) is 5.17 Å². The quantitative estimate of drug-likeness (QED) is 0.596. The minimum atomic E-state index is -0.318. The number of likely N-dealkylation sites (tertiary alicyclic amines) is 1. The molecule has 0 aromatic heterocycles. The van der Waals surface area contributed by atoms with Crippen LogP contribution in [0.4, 0.5) is 5.69 Å². The minimum absolute atomic E-state index is 0.177. The number of nitrogens with zero attached hydrogens (tertiary/aromatic N) is 3. The van der Waals surface area contributed by atoms with Gasteiger partial charge in [-0.25, -0.2) is 0 Å². The molecule has 2 aromatic carbocycles. The average molecular weight is 452 g/mol. The highest BCUT2D eigenvalue weighted by Gasteiger charge is 2.39. The van der Waals surface area contributed by atoms with Crippen LogP contribution in [-0.4, -0.2) is 35.0 Å². The normalized spacial score (nSPS) is 21.4. The summed E-state index contributed by atoms with van der Waals surface area (Å²) in [6.45, 7) is 2.17. The van der Waals surface area contributed by atoms with Crippen LogP contribution in [0.5, 0.6) is 0 Å². The van der Waals surface area contributed by atoms with Gasteiger partial charge < -0.3 is 9.80 Å². The summed E-state index contributed by atoms with van der Waals surface area (Å²) in [6, 6.07) is 15.1. The zero-order valence-corrected chi connectivity index (χ0v) is 18.6. The van der Waals surface area contributed by atoms with Gasteiger partial charge in [0.05, 0.1) is 22.7 Å². The molecule has 0 spiro atoms. The molecular formula is C24H22ClN3O2S. The van der Waals surface area contributed by atoms with Crippen LogP contribution in [-0.2, 0) is 16.1 Å². The number of anilines is 1. The van der Waals surface area contributed by atoms with Crippen molar-refractivity contribution in [2.24, 2.45) is 4.99 Å². The molecule has 31 heavy (non-hydrogen) atoms. The van der Waals surface area contributed by atoms with Crippen molar-refractivity contribution in [3.05, 3.63) is 69.6 Å². The molecule has 5 rings (SSSR count). The van der Waals surface area contributed by atoms with Crippen molar-refractivity contribution in [3.8, 4) is 0 Å². The number of carbonyl (C=O) groups excluding carboxylic acids is 2. The van der Waals surface area contributed by atoms with Crippen LogP contribution in [0.15, 0.2) is 58.4 Å². The number of thioether (sulfide) groups is 1. The van der Waals surface area contributed by atoms with Gasteiger partial charge in [-0.05, 0) is 42.3 Å². The van der Waals surface area contributed by atoms with Gasteiger partial charge in [0, 0.05) is 23.7 Å². The maximum atomic E-state index is 13.5. The van der Waals surface area contributed by atoms with Gasteiger partial charge in [0.1, 0.15) is 0 Å². The lowest BCUT2D eigenvalue weighted by Crippen LogP contribution is -2.28. The first-order valence-electron chi connectivity index (χ1n) is 10.6. The summed E-state index contributed by atoms with van der Waals surface area (Å²) in [6.07, 6.45) is 4.62. The average Bonchev–Trinajstić information content (AvgIpc) is 3.13. The zero-order chi connectivity index (χ0) is 21.4. The number of amidine groups is 1. The van der Waals surface area contributed by atoms with E-state index >= 15 is 0 Å². The fourth-order valence-electron chi connectivity index (χ4n) is 4.30. The number of hydrogen-bond acceptors (Lipinski definition) is 4. The summed E-state index contributed by atoms with van der Waals surface area (Å²) in [5.41, 5.74) is 2.89. The molecule has 3 aliphatic rings. The summed E-state index contributed by atoms with van der Waals surface area (Å²) in [7, 11) is 0. The molecule has 2 aromatic rings. The third-order valence-corrected chi connectivity index (χ3v) is 7.38. The van der Waals surface area contributed by atoms with E-state index in [4.69, 9.17) is 11.6 Å². The van der Waals surface area contributed by atoms with E-state index in [1.165, 1.54) is 24.6 Å². The third-order valence-electron chi connectivity index (χ3n) is 5.90. The molecule has 0 atom stereocenters. The molecule has 0 radical (unpaired) electrons. The van der Waals surface area contributed by atoms with Crippen molar-refractivity contribution in [2.75, 3.05) is 18.0 Å². The monoisotopic (exact) mass is 451 g/mol. The first-order chi connectivity index (χ1) is 15.1. The number of aliphatic imine (C=N–C) groups is 1. The van der Waals surface area contributed by atoms with E-state index in [2.05, 4.69) is 9.89 Å². The van der Waals surface area contributed by atoms with Crippen LogP contribution in [0, 0.1) is 0 Å². The molecule has 0 aliphatic carbocycles. The van der Waals surface area contributed by atoms with Crippen LogP contribution in [0.3, 0.4) is 0 Å². The van der Waals surface area contributed by atoms with E-state index in [1.807, 2.05) is 48.5 Å². The van der Waals surface area contributed by atoms with Gasteiger partial charge in [0.25, 0.3) is 11.8 Å². The molecule has 2 amide bonds. The number of rotatable bonds is 2. The molecule has 7 heteroatoms. The van der Waals surface area contributed by atoms with Gasteiger partial charge in [-0.3, -0.25) is 9.59 Å². The summed E-state index contributed by atoms with van der Waals surface area (Å²) in [4.78, 5) is 35.1. The molecule has 3 heterocycles. The van der Waals surface area contributed by atoms with E-state index in [-0.39, 0.29) is 11.8 Å². The van der Waals surface area contributed by atoms with E-state index < -0.39 is 0 Å². The van der Waals surface area contributed by atoms with E-state index in [1.54, 1.807) is 4.90 Å². The minimum Gasteiger partial charge on any atom is -0.351 e. The highest BCUT2D eigenvalue weighted by atomic mass is 35.5. The highest BCUT2D eigenvalue weighted by Crippen LogP contribution is 2.44. The molecule has 1 fully saturated rings. The van der Waals surface area contributed by atoms with Gasteiger partial charge >= 0.3 is 0 Å². The molecule has 0 N–H and O–H groups in total. The Bertz CT molecular complexity index is 1120. The fraction of sp³-hybridized carbons (Fsp3) is 0.292. The number of fused-ring (bicyclic) bond motifs is 1. The molecule has 3 aliphatic heterocycles. The molecule has 5 nitrogen and oxygen atoms in total. The van der Waals surface area contributed by atoms with Gasteiger partial charge in [-0.1, -0.05) is 60.8 Å². The van der Waals surface area contributed by atoms with Crippen molar-refractivity contribution in [1.82, 2.24) is 4.90 Å². The van der Waals surface area contributed by atoms with Crippen LogP contribution < -0.4 is 4.90 Å². The largest absolute Gasteiger partial charge is 0.351 e. The van der Waals surface area contributed by atoms with E-state index in [0.29, 0.717) is 22.0 Å². The van der Waals surface area contributed by atoms with Crippen LogP contribution >= 0.6 is 23.4 Å². The summed E-state index contributed by atoms with van der Waals surface area (Å²) >= 11 is 7.69. The third kappa shape index (κ3) is 3.79. The van der Waals surface area contributed by atoms with E-state index in [9.17, 15) is 9.59 Å². The summed E-state index contributed by atoms with van der Waals surface area (Å²) in [5, 5.41) is 1.34. The first-order valence-corrected chi connectivity index (χ1v) is 11.8. The van der Waals surface area contributed by atoms with Gasteiger partial charge in [-0.2, -0.15) is 4.99 Å². The number of halogens is 1. The Hall–Kier alpha value is -2.57. The standard InChI is InChI=1S/C24H22ClN3O2S/c25-18-11-5-3-9-16(18)15-28-19-12-6-4-10-17(19)20(23(28)30)21-22(29)26-24(31-21)27-13-7-1-2-8-14-27/h3-6,9-12H,1-2,7-8,13-15H2/b21-20-. The smallest absolute Gasteiger partial charge is 0.287 e. The number of amides is 2. The second kappa shape index (κ2) is 8.52. The zero-order valence-electron chi connectivity index (χ0n) is 17.0. The van der Waals surface area contributed by atoms with E-state index in [0.717, 1.165) is 47.9 Å². The Morgan fingerprint density at radius 2 is 1.65 bits per heavy atom. The Balaban J connectivity index is 1.50. The Morgan fingerprint density at radius 1 is 0.935 bits per heavy atom. The second-order valence-corrected chi connectivity index (χ2v) is 9.29. The molecule has 1 saturated heterocycles. The topological polar surface area (TPSA) is 53.0 Å². The maximum absolute atomic E-state index is 13.5. The number of para-hydroxylation sites is 1.